The minimum atomic E-state index is 0.00251. The lowest BCUT2D eigenvalue weighted by Gasteiger charge is -2.21. The van der Waals surface area contributed by atoms with Gasteiger partial charge in [0.25, 0.3) is 5.91 Å². The third-order valence-corrected chi connectivity index (χ3v) is 3.86. The Morgan fingerprint density at radius 3 is 2.43 bits per heavy atom. The highest BCUT2D eigenvalue weighted by Crippen LogP contribution is 2.20. The molecule has 0 aliphatic carbocycles. The van der Waals surface area contributed by atoms with Crippen LogP contribution in [0, 0.1) is 0 Å². The molecule has 5 heteroatoms. The lowest BCUT2D eigenvalue weighted by atomic mass is 10.2. The van der Waals surface area contributed by atoms with E-state index in [0.29, 0.717) is 5.69 Å². The topological polar surface area (TPSA) is 45.2 Å². The van der Waals surface area contributed by atoms with Crippen LogP contribution in [0.4, 0.5) is 11.4 Å². The van der Waals surface area contributed by atoms with Crippen LogP contribution in [-0.4, -0.2) is 28.9 Å². The first-order valence-corrected chi connectivity index (χ1v) is 8.71. The van der Waals surface area contributed by atoms with E-state index in [9.17, 15) is 4.79 Å². The van der Waals surface area contributed by atoms with Crippen molar-refractivity contribution in [2.75, 3.05) is 18.4 Å². The lowest BCUT2D eigenvalue weighted by Crippen LogP contribution is -2.33. The number of hydrogen-bond acceptors (Lipinski definition) is 3. The smallest absolute Gasteiger partial charge is 0.272 e. The van der Waals surface area contributed by atoms with Crippen molar-refractivity contribution in [3.63, 3.8) is 0 Å². The Morgan fingerprint density at radius 1 is 1.13 bits per heavy atom. The number of hydrogen-bond donors (Lipinski definition) is 1. The molecule has 0 unspecified atom stereocenters. The molecule has 0 radical (unpaired) electrons. The molecule has 0 saturated carbocycles. The van der Waals surface area contributed by atoms with Crippen LogP contribution in [-0.2, 0) is 0 Å². The van der Waals surface area contributed by atoms with Crippen molar-refractivity contribution in [1.82, 2.24) is 9.88 Å². The first-order valence-electron chi connectivity index (χ1n) is 7.92. The average molecular weight is 376 g/mol. The zero-order chi connectivity index (χ0) is 16.7. The molecule has 1 aromatic heterocycles. The molecular formula is C18H22BrN3O. The number of amides is 1. The Kier molecular flexibility index (Phi) is 6.59. The molecule has 1 amide bonds. The highest BCUT2D eigenvalue weighted by atomic mass is 79.9. The van der Waals surface area contributed by atoms with Gasteiger partial charge in [-0.05, 0) is 43.2 Å². The van der Waals surface area contributed by atoms with Gasteiger partial charge >= 0.3 is 0 Å². The fourth-order valence-corrected chi connectivity index (χ4v) is 2.74. The van der Waals surface area contributed by atoms with E-state index in [2.05, 4.69) is 40.1 Å². The Morgan fingerprint density at radius 2 is 1.87 bits per heavy atom. The van der Waals surface area contributed by atoms with Gasteiger partial charge < -0.3 is 10.2 Å². The molecule has 0 atom stereocenters. The van der Waals surface area contributed by atoms with Gasteiger partial charge in [0.1, 0.15) is 5.69 Å². The van der Waals surface area contributed by atoms with E-state index in [1.54, 1.807) is 12.3 Å². The van der Waals surface area contributed by atoms with Gasteiger partial charge in [0.15, 0.2) is 0 Å². The molecule has 122 valence electrons. The van der Waals surface area contributed by atoms with E-state index in [4.69, 9.17) is 0 Å². The maximum absolute atomic E-state index is 12.5. The van der Waals surface area contributed by atoms with Gasteiger partial charge in [-0.1, -0.05) is 35.8 Å². The Labute approximate surface area is 146 Å². The van der Waals surface area contributed by atoms with Crippen molar-refractivity contribution in [2.24, 2.45) is 0 Å². The second kappa shape index (κ2) is 8.67. The minimum Gasteiger partial charge on any atom is -0.354 e. The van der Waals surface area contributed by atoms with E-state index >= 15 is 0 Å². The first-order chi connectivity index (χ1) is 11.1. The molecule has 2 aromatic rings. The largest absolute Gasteiger partial charge is 0.354 e. The lowest BCUT2D eigenvalue weighted by molar-refractivity contribution is 0.0749. The number of halogens is 1. The second-order valence-electron chi connectivity index (χ2n) is 5.36. The number of carbonyl (C=O) groups is 1. The van der Waals surface area contributed by atoms with Crippen LogP contribution in [0.3, 0.4) is 0 Å². The molecular weight excluding hydrogens is 354 g/mol. The van der Waals surface area contributed by atoms with Gasteiger partial charge in [0.05, 0.1) is 11.9 Å². The summed E-state index contributed by atoms with van der Waals surface area (Å²) in [5.41, 5.74) is 2.32. The Balaban J connectivity index is 2.07. The standard InChI is InChI=1S/C18H22BrN3O/c1-3-10-22(11-4-2)18(23)17-9-8-16(13-20-17)21-15-7-5-6-14(19)12-15/h5-9,12-13,21H,3-4,10-11H2,1-2H3. The van der Waals surface area contributed by atoms with Gasteiger partial charge in [0.2, 0.25) is 0 Å². The summed E-state index contributed by atoms with van der Waals surface area (Å²) in [7, 11) is 0. The summed E-state index contributed by atoms with van der Waals surface area (Å²) in [6.07, 6.45) is 3.60. The predicted molar refractivity (Wildman–Crippen MR) is 98.1 cm³/mol. The maximum atomic E-state index is 12.5. The van der Waals surface area contributed by atoms with Gasteiger partial charge in [-0.3, -0.25) is 4.79 Å². The molecule has 0 spiro atoms. The Hall–Kier alpha value is -1.88. The molecule has 4 nitrogen and oxygen atoms in total. The van der Waals surface area contributed by atoms with Crippen molar-refractivity contribution in [3.8, 4) is 0 Å². The number of rotatable bonds is 7. The number of benzene rings is 1. The molecule has 1 aromatic carbocycles. The van der Waals surface area contributed by atoms with Gasteiger partial charge in [0, 0.05) is 23.2 Å². The molecule has 1 heterocycles. The summed E-state index contributed by atoms with van der Waals surface area (Å²) in [6.45, 7) is 5.70. The zero-order valence-corrected chi connectivity index (χ0v) is 15.1. The third kappa shape index (κ3) is 5.06. The van der Waals surface area contributed by atoms with Crippen LogP contribution >= 0.6 is 15.9 Å². The van der Waals surface area contributed by atoms with Crippen LogP contribution < -0.4 is 5.32 Å². The van der Waals surface area contributed by atoms with Crippen LogP contribution in [0.5, 0.6) is 0 Å². The van der Waals surface area contributed by atoms with Crippen molar-refractivity contribution in [3.05, 3.63) is 52.8 Å². The van der Waals surface area contributed by atoms with E-state index < -0.39 is 0 Å². The maximum Gasteiger partial charge on any atom is 0.272 e. The molecule has 0 saturated heterocycles. The number of nitrogens with one attached hydrogen (secondary N) is 1. The van der Waals surface area contributed by atoms with Crippen LogP contribution in [0.15, 0.2) is 47.1 Å². The summed E-state index contributed by atoms with van der Waals surface area (Å²) in [6, 6.07) is 11.6. The summed E-state index contributed by atoms with van der Waals surface area (Å²) in [5, 5.41) is 3.27. The summed E-state index contributed by atoms with van der Waals surface area (Å²) in [5.74, 6) is 0.00251. The molecule has 0 fully saturated rings. The molecule has 0 aliphatic rings. The molecule has 0 aliphatic heterocycles. The normalized spacial score (nSPS) is 10.4. The van der Waals surface area contributed by atoms with Crippen molar-refractivity contribution < 1.29 is 4.79 Å². The first kappa shape index (κ1) is 17.5. The predicted octanol–water partition coefficient (Wildman–Crippen LogP) is 4.85. The Bertz CT molecular complexity index is 637. The highest BCUT2D eigenvalue weighted by molar-refractivity contribution is 9.10. The zero-order valence-electron chi connectivity index (χ0n) is 13.6. The second-order valence-corrected chi connectivity index (χ2v) is 6.28. The number of nitrogens with zero attached hydrogens (tertiary/aromatic N) is 2. The van der Waals surface area contributed by atoms with Crippen molar-refractivity contribution in [2.45, 2.75) is 26.7 Å². The SMILES string of the molecule is CCCN(CCC)C(=O)c1ccc(Nc2cccc(Br)c2)cn1. The number of carbonyl (C=O) groups excluding carboxylic acids is 1. The summed E-state index contributed by atoms with van der Waals surface area (Å²) in [4.78, 5) is 18.7. The fourth-order valence-electron chi connectivity index (χ4n) is 2.34. The summed E-state index contributed by atoms with van der Waals surface area (Å²) >= 11 is 3.45. The van der Waals surface area contributed by atoms with Gasteiger partial charge in [-0.25, -0.2) is 4.98 Å². The average Bonchev–Trinajstić information content (AvgIpc) is 2.55. The quantitative estimate of drug-likeness (QED) is 0.751. The van der Waals surface area contributed by atoms with Gasteiger partial charge in [-0.2, -0.15) is 0 Å². The third-order valence-electron chi connectivity index (χ3n) is 3.37. The van der Waals surface area contributed by atoms with Crippen molar-refractivity contribution in [1.29, 1.82) is 0 Å². The molecule has 0 bridgehead atoms. The fraction of sp³-hybridized carbons (Fsp3) is 0.333. The van der Waals surface area contributed by atoms with E-state index in [1.165, 1.54) is 0 Å². The van der Waals surface area contributed by atoms with Crippen LogP contribution in [0.2, 0.25) is 0 Å². The molecule has 2 rings (SSSR count). The number of aromatic nitrogens is 1. The summed E-state index contributed by atoms with van der Waals surface area (Å²) < 4.78 is 1.01. The van der Waals surface area contributed by atoms with Gasteiger partial charge in [-0.15, -0.1) is 0 Å². The van der Waals surface area contributed by atoms with Crippen molar-refractivity contribution >= 4 is 33.2 Å². The monoisotopic (exact) mass is 375 g/mol. The molecule has 1 N–H and O–H groups in total. The van der Waals surface area contributed by atoms with E-state index in [1.807, 2.05) is 35.2 Å². The van der Waals surface area contributed by atoms with E-state index in [-0.39, 0.29) is 5.91 Å². The van der Waals surface area contributed by atoms with Crippen LogP contribution in [0.25, 0.3) is 0 Å². The van der Waals surface area contributed by atoms with E-state index in [0.717, 1.165) is 41.8 Å². The number of anilines is 2. The minimum absolute atomic E-state index is 0.00251. The molecule has 23 heavy (non-hydrogen) atoms. The number of pyridine rings is 1. The highest BCUT2D eigenvalue weighted by Gasteiger charge is 2.15. The van der Waals surface area contributed by atoms with Crippen LogP contribution in [0.1, 0.15) is 37.2 Å².